The van der Waals surface area contributed by atoms with Crippen LogP contribution in [0.4, 0.5) is 11.4 Å². The van der Waals surface area contributed by atoms with Gasteiger partial charge >= 0.3 is 0 Å². The molecule has 2 heteroatoms. The number of nitrogens with zero attached hydrogens (tertiary/aromatic N) is 1. The maximum absolute atomic E-state index is 9.81. The highest BCUT2D eigenvalue weighted by Crippen LogP contribution is 2.27. The van der Waals surface area contributed by atoms with Crippen molar-refractivity contribution in [1.82, 2.24) is 0 Å². The molecule has 2 aromatic carbocycles. The molecule has 0 amide bonds. The lowest BCUT2D eigenvalue weighted by molar-refractivity contribution is 0.173. The number of hydrogen-bond acceptors (Lipinski definition) is 2. The van der Waals surface area contributed by atoms with Gasteiger partial charge in [0.2, 0.25) is 0 Å². The summed E-state index contributed by atoms with van der Waals surface area (Å²) >= 11 is 0. The minimum atomic E-state index is -0.363. The summed E-state index contributed by atoms with van der Waals surface area (Å²) in [6, 6.07) is 16.4. The lowest BCUT2D eigenvalue weighted by Crippen LogP contribution is -2.10. The Labute approximate surface area is 115 Å². The maximum Gasteiger partial charge on any atom is 0.0787 e. The summed E-state index contributed by atoms with van der Waals surface area (Å²) in [5.74, 6) is 0. The topological polar surface area (TPSA) is 23.5 Å². The van der Waals surface area contributed by atoms with Crippen LogP contribution in [0.15, 0.2) is 48.5 Å². The van der Waals surface area contributed by atoms with Gasteiger partial charge < -0.3 is 10.0 Å². The van der Waals surface area contributed by atoms with Crippen LogP contribution in [0.2, 0.25) is 0 Å². The van der Waals surface area contributed by atoms with Gasteiger partial charge in [-0.2, -0.15) is 0 Å². The van der Waals surface area contributed by atoms with Crippen LogP contribution in [0, 0.1) is 6.92 Å². The molecule has 19 heavy (non-hydrogen) atoms. The third-order valence-electron chi connectivity index (χ3n) is 3.53. The predicted molar refractivity (Wildman–Crippen MR) is 80.9 cm³/mol. The molecule has 0 saturated carbocycles. The van der Waals surface area contributed by atoms with Crippen LogP contribution in [-0.4, -0.2) is 12.2 Å². The Morgan fingerprint density at radius 3 is 2.26 bits per heavy atom. The van der Waals surface area contributed by atoms with Gasteiger partial charge in [-0.25, -0.2) is 0 Å². The van der Waals surface area contributed by atoms with Crippen LogP contribution in [0.3, 0.4) is 0 Å². The lowest BCUT2D eigenvalue weighted by atomic mass is 10.1. The molecule has 0 aromatic heterocycles. The highest BCUT2D eigenvalue weighted by Gasteiger charge is 2.08. The molecule has 0 saturated heterocycles. The fourth-order valence-corrected chi connectivity index (χ4v) is 2.23. The fourth-order valence-electron chi connectivity index (χ4n) is 2.23. The molecule has 0 bridgehead atoms. The average molecular weight is 255 g/mol. The summed E-state index contributed by atoms with van der Waals surface area (Å²) in [7, 11) is 2.06. The number of aliphatic hydroxyl groups excluding tert-OH is 1. The van der Waals surface area contributed by atoms with Gasteiger partial charge in [0, 0.05) is 18.4 Å². The molecule has 100 valence electrons. The van der Waals surface area contributed by atoms with E-state index in [0.717, 1.165) is 17.7 Å². The molecule has 1 N–H and O–H groups in total. The van der Waals surface area contributed by atoms with Gasteiger partial charge in [0.25, 0.3) is 0 Å². The van der Waals surface area contributed by atoms with Crippen molar-refractivity contribution < 1.29 is 5.11 Å². The molecular weight excluding hydrogens is 234 g/mol. The highest BCUT2D eigenvalue weighted by atomic mass is 16.3. The number of rotatable bonds is 4. The largest absolute Gasteiger partial charge is 0.388 e. The predicted octanol–water partition coefficient (Wildman–Crippen LogP) is 4.21. The van der Waals surface area contributed by atoms with Crippen LogP contribution in [0.25, 0.3) is 0 Å². The second-order valence-corrected chi connectivity index (χ2v) is 4.86. The lowest BCUT2D eigenvalue weighted by Gasteiger charge is -2.22. The van der Waals surface area contributed by atoms with Crippen LogP contribution in [0.5, 0.6) is 0 Å². The van der Waals surface area contributed by atoms with E-state index in [1.165, 1.54) is 11.3 Å². The van der Waals surface area contributed by atoms with Crippen molar-refractivity contribution >= 4 is 11.4 Å². The van der Waals surface area contributed by atoms with E-state index in [9.17, 15) is 5.11 Å². The molecule has 0 aliphatic heterocycles. The first-order valence-corrected chi connectivity index (χ1v) is 6.71. The van der Waals surface area contributed by atoms with E-state index in [0.29, 0.717) is 0 Å². The van der Waals surface area contributed by atoms with Gasteiger partial charge in [-0.1, -0.05) is 37.3 Å². The zero-order valence-corrected chi connectivity index (χ0v) is 11.8. The van der Waals surface area contributed by atoms with Crippen molar-refractivity contribution in [3.63, 3.8) is 0 Å². The summed E-state index contributed by atoms with van der Waals surface area (Å²) in [6.45, 7) is 4.10. The van der Waals surface area contributed by atoms with Gasteiger partial charge in [-0.15, -0.1) is 0 Å². The summed E-state index contributed by atoms with van der Waals surface area (Å²) < 4.78 is 0. The molecule has 2 aromatic rings. The number of para-hydroxylation sites is 1. The minimum Gasteiger partial charge on any atom is -0.388 e. The molecule has 1 atom stereocenters. The zero-order chi connectivity index (χ0) is 13.8. The smallest absolute Gasteiger partial charge is 0.0787 e. The number of aryl methyl sites for hydroxylation is 1. The van der Waals surface area contributed by atoms with E-state index in [4.69, 9.17) is 0 Å². The molecular formula is C17H21NO. The molecule has 0 aliphatic rings. The summed E-state index contributed by atoms with van der Waals surface area (Å²) in [5.41, 5.74) is 4.56. The van der Waals surface area contributed by atoms with Gasteiger partial charge in [-0.05, 0) is 42.7 Å². The van der Waals surface area contributed by atoms with Gasteiger partial charge in [0.15, 0.2) is 0 Å². The fraction of sp³-hybridized carbons (Fsp3) is 0.294. The van der Waals surface area contributed by atoms with Crippen LogP contribution in [-0.2, 0) is 0 Å². The SMILES string of the molecule is CCC(O)c1ccc(N(C)c2ccccc2C)cc1. The van der Waals surface area contributed by atoms with E-state index >= 15 is 0 Å². The normalized spacial score (nSPS) is 12.2. The molecule has 2 rings (SSSR count). The van der Waals surface area contributed by atoms with Gasteiger partial charge in [0.05, 0.1) is 6.10 Å². The van der Waals surface area contributed by atoms with Gasteiger partial charge in [-0.3, -0.25) is 0 Å². The minimum absolute atomic E-state index is 0.363. The molecule has 2 nitrogen and oxygen atoms in total. The van der Waals surface area contributed by atoms with Crippen molar-refractivity contribution in [1.29, 1.82) is 0 Å². The molecule has 1 unspecified atom stereocenters. The van der Waals surface area contributed by atoms with E-state index in [-0.39, 0.29) is 6.10 Å². The third-order valence-corrected chi connectivity index (χ3v) is 3.53. The van der Waals surface area contributed by atoms with Crippen molar-refractivity contribution in [2.24, 2.45) is 0 Å². The number of aliphatic hydroxyl groups is 1. The van der Waals surface area contributed by atoms with Crippen molar-refractivity contribution in [2.75, 3.05) is 11.9 Å². The van der Waals surface area contributed by atoms with Crippen molar-refractivity contribution in [2.45, 2.75) is 26.4 Å². The molecule has 0 spiro atoms. The first kappa shape index (κ1) is 13.6. The summed E-state index contributed by atoms with van der Waals surface area (Å²) in [4.78, 5) is 2.16. The second kappa shape index (κ2) is 5.89. The molecule has 0 radical (unpaired) electrons. The molecule has 0 fully saturated rings. The Balaban J connectivity index is 2.25. The molecule has 0 aliphatic carbocycles. The van der Waals surface area contributed by atoms with Crippen molar-refractivity contribution in [3.8, 4) is 0 Å². The monoisotopic (exact) mass is 255 g/mol. The van der Waals surface area contributed by atoms with Crippen molar-refractivity contribution in [3.05, 3.63) is 59.7 Å². The maximum atomic E-state index is 9.81. The van der Waals surface area contributed by atoms with Crippen LogP contribution >= 0.6 is 0 Å². The summed E-state index contributed by atoms with van der Waals surface area (Å²) in [6.07, 6.45) is 0.380. The Morgan fingerprint density at radius 2 is 1.68 bits per heavy atom. The number of hydrogen-bond donors (Lipinski definition) is 1. The van der Waals surface area contributed by atoms with E-state index in [1.54, 1.807) is 0 Å². The Kier molecular flexibility index (Phi) is 4.23. The van der Waals surface area contributed by atoms with E-state index in [2.05, 4.69) is 43.1 Å². The average Bonchev–Trinajstić information content (AvgIpc) is 2.46. The third kappa shape index (κ3) is 2.96. The summed E-state index contributed by atoms with van der Waals surface area (Å²) in [5, 5.41) is 9.81. The zero-order valence-electron chi connectivity index (χ0n) is 11.8. The Bertz CT molecular complexity index is 533. The van der Waals surface area contributed by atoms with E-state index in [1.807, 2.05) is 31.2 Å². The standard InChI is InChI=1S/C17H21NO/c1-4-17(19)14-9-11-15(12-10-14)18(3)16-8-6-5-7-13(16)2/h5-12,17,19H,4H2,1-3H3. The first-order valence-electron chi connectivity index (χ1n) is 6.71. The van der Waals surface area contributed by atoms with Gasteiger partial charge in [0.1, 0.15) is 0 Å². The quantitative estimate of drug-likeness (QED) is 0.884. The van der Waals surface area contributed by atoms with E-state index < -0.39 is 0 Å². The Morgan fingerprint density at radius 1 is 1.05 bits per heavy atom. The Hall–Kier alpha value is -1.80. The molecule has 0 heterocycles. The highest BCUT2D eigenvalue weighted by molar-refractivity contribution is 5.65. The number of anilines is 2. The second-order valence-electron chi connectivity index (χ2n) is 4.86. The number of benzene rings is 2. The van der Waals surface area contributed by atoms with Crippen LogP contribution in [0.1, 0.15) is 30.6 Å². The van der Waals surface area contributed by atoms with Crippen LogP contribution < -0.4 is 4.90 Å². The first-order chi connectivity index (χ1) is 9.13.